The van der Waals surface area contributed by atoms with E-state index in [0.29, 0.717) is 30.1 Å². The fourth-order valence-corrected chi connectivity index (χ4v) is 7.63. The van der Waals surface area contributed by atoms with E-state index >= 15 is 0 Å². The fraction of sp³-hybridized carbons (Fsp3) is 0.952. The van der Waals surface area contributed by atoms with E-state index in [4.69, 9.17) is 42.9 Å². The molecular formula is C42H80BrCl2N5O7. The van der Waals surface area contributed by atoms with Gasteiger partial charge in [-0.2, -0.15) is 0 Å². The van der Waals surface area contributed by atoms with Gasteiger partial charge in [0.2, 0.25) is 0 Å². The molecule has 2 saturated heterocycles. The Labute approximate surface area is 364 Å². The van der Waals surface area contributed by atoms with E-state index in [1.807, 2.05) is 51.3 Å². The fourth-order valence-electron chi connectivity index (χ4n) is 7.63. The summed E-state index contributed by atoms with van der Waals surface area (Å²) in [6.45, 7) is 17.0. The van der Waals surface area contributed by atoms with Crippen LogP contribution < -0.4 is 5.32 Å². The molecule has 0 aromatic carbocycles. The van der Waals surface area contributed by atoms with Crippen LogP contribution in [0.4, 0.5) is 9.59 Å². The van der Waals surface area contributed by atoms with Crippen molar-refractivity contribution in [3.05, 3.63) is 0 Å². The van der Waals surface area contributed by atoms with Crippen molar-refractivity contribution in [2.75, 3.05) is 69.8 Å². The summed E-state index contributed by atoms with van der Waals surface area (Å²) < 4.78 is 10.8. The highest BCUT2D eigenvalue weighted by molar-refractivity contribution is 9.09. The van der Waals surface area contributed by atoms with Crippen LogP contribution in [0.1, 0.15) is 138 Å². The number of hydrogen-bond donors (Lipinski definition) is 4. The van der Waals surface area contributed by atoms with Gasteiger partial charge in [0.15, 0.2) is 0 Å². The summed E-state index contributed by atoms with van der Waals surface area (Å²) in [5.74, 6) is 0. The maximum Gasteiger partial charge on any atom is 0.410 e. The molecular weight excluding hydrogens is 837 g/mol. The highest BCUT2D eigenvalue weighted by atomic mass is 79.9. The number of piperidine rings is 2. The monoisotopic (exact) mass is 915 g/mol. The zero-order valence-electron chi connectivity index (χ0n) is 36.2. The molecule has 6 fully saturated rings. The number of carbonyl (C=O) groups is 2. The number of nitrogens with one attached hydrogen (secondary N) is 1. The second-order valence-electron chi connectivity index (χ2n) is 18.1. The standard InChI is InChI=1S/C15H28N2O3.C13H24N2O2.C11H21NO.C2H5BrO.CH2Cl2/c1-15(2,3)20-14(19)16-8-6-13(7-9-16)17(10-11-18)12-4-5-12;1-13(2,3)17-12(16)15-8-6-11(7-9-15)14-10-4-5-10;13-9-8-12(11-6-7-11)10-4-2-1-3-5-10;3-1-2-4;2-1-3/h12-13,18H,4-11H2,1-3H3;10-11,14H,4-9H2,1-3H3;10-11,13H,1-9H2;4H,1-2H2;1H2. The molecule has 0 spiro atoms. The number of alkyl halides is 3. The smallest absolute Gasteiger partial charge is 0.410 e. The Hall–Kier alpha value is -0.640. The van der Waals surface area contributed by atoms with Gasteiger partial charge in [0, 0.05) is 80.8 Å². The first-order chi connectivity index (χ1) is 27.1. The molecule has 2 aliphatic heterocycles. The van der Waals surface area contributed by atoms with Gasteiger partial charge in [-0.1, -0.05) is 35.2 Å². The Morgan fingerprint density at radius 3 is 1.25 bits per heavy atom. The predicted octanol–water partition coefficient (Wildman–Crippen LogP) is 7.55. The van der Waals surface area contributed by atoms with E-state index in [0.717, 1.165) is 83.1 Å². The van der Waals surface area contributed by atoms with Gasteiger partial charge in [0.25, 0.3) is 0 Å². The molecule has 15 heteroatoms. The van der Waals surface area contributed by atoms with E-state index in [9.17, 15) is 14.7 Å². The quantitative estimate of drug-likeness (QED) is 0.154. The molecule has 0 aromatic rings. The van der Waals surface area contributed by atoms with Crippen molar-refractivity contribution in [1.82, 2.24) is 24.9 Å². The van der Waals surface area contributed by atoms with Gasteiger partial charge in [0.05, 0.1) is 25.2 Å². The maximum absolute atomic E-state index is 12.0. The number of rotatable bonds is 11. The summed E-state index contributed by atoms with van der Waals surface area (Å²) in [4.78, 5) is 32.5. The zero-order chi connectivity index (χ0) is 42.4. The van der Waals surface area contributed by atoms with Crippen LogP contribution in [0.2, 0.25) is 0 Å². The van der Waals surface area contributed by atoms with Crippen molar-refractivity contribution >= 4 is 51.3 Å². The highest BCUT2D eigenvalue weighted by Gasteiger charge is 2.37. The van der Waals surface area contributed by atoms with Gasteiger partial charge in [-0.25, -0.2) is 9.59 Å². The molecule has 336 valence electrons. The molecule has 0 aromatic heterocycles. The predicted molar refractivity (Wildman–Crippen MR) is 236 cm³/mol. The van der Waals surface area contributed by atoms with Crippen LogP contribution in [-0.4, -0.2) is 164 Å². The summed E-state index contributed by atoms with van der Waals surface area (Å²) in [6.07, 6.45) is 18.6. The van der Waals surface area contributed by atoms with E-state index < -0.39 is 5.60 Å². The van der Waals surface area contributed by atoms with Gasteiger partial charge in [-0.3, -0.25) is 9.80 Å². The third-order valence-corrected chi connectivity index (χ3v) is 11.0. The lowest BCUT2D eigenvalue weighted by Gasteiger charge is -2.38. The molecule has 4 saturated carbocycles. The van der Waals surface area contributed by atoms with Gasteiger partial charge < -0.3 is 39.9 Å². The molecule has 6 rings (SSSR count). The lowest BCUT2D eigenvalue weighted by atomic mass is 9.94. The van der Waals surface area contributed by atoms with Crippen molar-refractivity contribution in [2.24, 2.45) is 0 Å². The summed E-state index contributed by atoms with van der Waals surface area (Å²) in [5, 5.41) is 30.5. The third kappa shape index (κ3) is 23.8. The minimum absolute atomic E-state index is 0.164. The van der Waals surface area contributed by atoms with Crippen LogP contribution in [0.15, 0.2) is 0 Å². The lowest BCUT2D eigenvalue weighted by molar-refractivity contribution is 0.0124. The Bertz CT molecular complexity index is 1070. The van der Waals surface area contributed by atoms with Crippen molar-refractivity contribution < 1.29 is 34.4 Å². The Balaban J connectivity index is 0.000000276. The molecule has 0 unspecified atom stereocenters. The molecule has 6 aliphatic rings. The Kier molecular flexibility index (Phi) is 25.8. The first kappa shape index (κ1) is 52.5. The van der Waals surface area contributed by atoms with Crippen LogP contribution in [0.3, 0.4) is 0 Å². The first-order valence-corrected chi connectivity index (χ1v) is 24.0. The van der Waals surface area contributed by atoms with Crippen molar-refractivity contribution in [3.63, 3.8) is 0 Å². The third-order valence-electron chi connectivity index (χ3n) is 10.7. The normalized spacial score (nSPS) is 20.9. The van der Waals surface area contributed by atoms with Gasteiger partial charge in [0.1, 0.15) is 11.2 Å². The largest absolute Gasteiger partial charge is 0.444 e. The Morgan fingerprint density at radius 1 is 0.596 bits per heavy atom. The molecule has 4 N–H and O–H groups in total. The van der Waals surface area contributed by atoms with E-state index in [2.05, 4.69) is 31.0 Å². The minimum atomic E-state index is -0.426. The first-order valence-electron chi connectivity index (χ1n) is 21.8. The molecule has 0 bridgehead atoms. The topological polar surface area (TPSA) is 138 Å². The number of halogens is 3. The van der Waals surface area contributed by atoms with Gasteiger partial charge in [-0.15, -0.1) is 23.2 Å². The number of amides is 2. The van der Waals surface area contributed by atoms with Crippen LogP contribution in [0.25, 0.3) is 0 Å². The van der Waals surface area contributed by atoms with Crippen LogP contribution in [-0.2, 0) is 9.47 Å². The summed E-state index contributed by atoms with van der Waals surface area (Å²) >= 11 is 12.5. The van der Waals surface area contributed by atoms with Crippen molar-refractivity contribution in [2.45, 2.75) is 185 Å². The van der Waals surface area contributed by atoms with Crippen molar-refractivity contribution in [3.8, 4) is 0 Å². The molecule has 2 amide bonds. The molecule has 0 radical (unpaired) electrons. The molecule has 12 nitrogen and oxygen atoms in total. The average molecular weight is 918 g/mol. The summed E-state index contributed by atoms with van der Waals surface area (Å²) in [7, 11) is 0. The second-order valence-corrected chi connectivity index (χ2v) is 19.7. The Morgan fingerprint density at radius 2 is 0.930 bits per heavy atom. The van der Waals surface area contributed by atoms with Crippen molar-refractivity contribution in [1.29, 1.82) is 0 Å². The number of hydrogen-bond acceptors (Lipinski definition) is 10. The maximum atomic E-state index is 12.0. The van der Waals surface area contributed by atoms with E-state index in [1.54, 1.807) is 0 Å². The van der Waals surface area contributed by atoms with Gasteiger partial charge in [-0.05, 0) is 119 Å². The summed E-state index contributed by atoms with van der Waals surface area (Å²) in [6, 6.07) is 4.16. The minimum Gasteiger partial charge on any atom is -0.444 e. The van der Waals surface area contributed by atoms with Gasteiger partial charge >= 0.3 is 12.2 Å². The van der Waals surface area contributed by atoms with E-state index in [-0.39, 0.29) is 36.3 Å². The number of aliphatic hydroxyl groups excluding tert-OH is 3. The molecule has 2 heterocycles. The molecule has 4 aliphatic carbocycles. The summed E-state index contributed by atoms with van der Waals surface area (Å²) in [5.41, 5.74) is -0.814. The molecule has 0 atom stereocenters. The second kappa shape index (κ2) is 28.1. The highest BCUT2D eigenvalue weighted by Crippen LogP contribution is 2.34. The number of nitrogens with zero attached hydrogens (tertiary/aromatic N) is 4. The SMILES string of the molecule is CC(C)(C)OC(=O)N1CCC(N(CCO)C2CC2)CC1.CC(C)(C)OC(=O)N1CCC(NC2CC2)CC1.ClCCl.OCCBr.OCCN(C1CCCCC1)C1CC1. The number of ether oxygens (including phenoxy) is 2. The van der Waals surface area contributed by atoms with Crippen LogP contribution in [0, 0.1) is 0 Å². The average Bonchev–Trinajstić information content (AvgIpc) is 3.99. The number of carbonyl (C=O) groups excluding carboxylic acids is 2. The zero-order valence-corrected chi connectivity index (χ0v) is 39.3. The number of likely N-dealkylation sites (tertiary alicyclic amines) is 2. The van der Waals surface area contributed by atoms with E-state index in [1.165, 1.54) is 70.6 Å². The number of aliphatic hydroxyl groups is 3. The molecule has 57 heavy (non-hydrogen) atoms. The van der Waals surface area contributed by atoms with Crippen LogP contribution in [0.5, 0.6) is 0 Å². The lowest BCUT2D eigenvalue weighted by Crippen LogP contribution is -2.49. The van der Waals surface area contributed by atoms with Crippen LogP contribution >= 0.6 is 39.1 Å².